The number of nitrogens with zero attached hydrogens (tertiary/aromatic N) is 1. The first-order valence-electron chi connectivity index (χ1n) is 5.52. The Morgan fingerprint density at radius 3 is 2.88 bits per heavy atom. The van der Waals surface area contributed by atoms with Crippen molar-refractivity contribution >= 4 is 11.5 Å². The minimum Gasteiger partial charge on any atom is -0.385 e. The summed E-state index contributed by atoms with van der Waals surface area (Å²) in [4.78, 5) is 5.28. The minimum atomic E-state index is -0.00583. The van der Waals surface area contributed by atoms with Gasteiger partial charge in [0.2, 0.25) is 0 Å². The molecule has 0 aliphatic carbocycles. The van der Waals surface area contributed by atoms with Crippen LogP contribution < -0.4 is 16.0 Å². The highest BCUT2D eigenvalue weighted by atomic mass is 16.5. The van der Waals surface area contributed by atoms with Crippen molar-refractivity contribution in [3.63, 3.8) is 0 Å². The van der Waals surface area contributed by atoms with Crippen molar-refractivity contribution in [2.24, 2.45) is 5.73 Å². The smallest absolute Gasteiger partial charge is 0.131 e. The van der Waals surface area contributed by atoms with E-state index < -0.39 is 0 Å². The zero-order valence-corrected chi connectivity index (χ0v) is 10.5. The third-order valence-corrected chi connectivity index (χ3v) is 2.68. The van der Waals surface area contributed by atoms with Crippen molar-refractivity contribution in [2.45, 2.75) is 20.1 Å². The predicted octanol–water partition coefficient (Wildman–Crippen LogP) is 1.12. The van der Waals surface area contributed by atoms with Gasteiger partial charge in [-0.3, -0.25) is 0 Å². The largest absolute Gasteiger partial charge is 0.385 e. The van der Waals surface area contributed by atoms with Gasteiger partial charge in [0, 0.05) is 26.8 Å². The fourth-order valence-electron chi connectivity index (χ4n) is 1.63. The van der Waals surface area contributed by atoms with E-state index in [1.165, 1.54) is 5.56 Å². The maximum absolute atomic E-state index is 5.57. The van der Waals surface area contributed by atoms with Crippen molar-refractivity contribution in [1.82, 2.24) is 4.98 Å². The number of H-pyrrole nitrogens is 1. The lowest BCUT2D eigenvalue weighted by molar-refractivity contribution is 0.0724. The van der Waals surface area contributed by atoms with Crippen LogP contribution in [0.3, 0.4) is 0 Å². The lowest BCUT2D eigenvalue weighted by Gasteiger charge is -2.26. The van der Waals surface area contributed by atoms with E-state index in [2.05, 4.69) is 22.1 Å². The Balaban J connectivity index is 2.74. The number of nitrogens with one attached hydrogen (secondary N) is 2. The van der Waals surface area contributed by atoms with Gasteiger partial charge in [-0.1, -0.05) is 0 Å². The molecule has 0 bridgehead atoms. The van der Waals surface area contributed by atoms with Crippen molar-refractivity contribution in [1.29, 1.82) is 0 Å². The lowest BCUT2D eigenvalue weighted by Crippen LogP contribution is -2.33. The van der Waals surface area contributed by atoms with E-state index >= 15 is 0 Å². The molecule has 0 spiro atoms. The Kier molecular flexibility index (Phi) is 4.64. The first-order chi connectivity index (χ1) is 7.61. The number of hydrogen-bond acceptors (Lipinski definition) is 4. The summed E-state index contributed by atoms with van der Waals surface area (Å²) in [5.41, 5.74) is 7.70. The molecule has 1 unspecified atom stereocenters. The minimum absolute atomic E-state index is 0.00583. The van der Waals surface area contributed by atoms with E-state index in [1.807, 2.05) is 27.2 Å². The summed E-state index contributed by atoms with van der Waals surface area (Å²) in [5.74, 6) is 1.03. The van der Waals surface area contributed by atoms with E-state index in [0.29, 0.717) is 13.2 Å². The fourth-order valence-corrected chi connectivity index (χ4v) is 1.63. The Hall–Kier alpha value is -1.20. The van der Waals surface area contributed by atoms with Gasteiger partial charge in [-0.2, -0.15) is 0 Å². The summed E-state index contributed by atoms with van der Waals surface area (Å²) in [6, 6.07) is 0. The molecular formula is C11H22N4O. The number of aryl methyl sites for hydroxylation is 1. The molecule has 5 nitrogen and oxygen atoms in total. The van der Waals surface area contributed by atoms with Gasteiger partial charge in [0.15, 0.2) is 0 Å². The number of aromatic nitrogens is 1. The molecule has 0 saturated carbocycles. The van der Waals surface area contributed by atoms with E-state index in [9.17, 15) is 0 Å². The van der Waals surface area contributed by atoms with Crippen LogP contribution in [0.2, 0.25) is 0 Å². The quantitative estimate of drug-likeness (QED) is 0.636. The van der Waals surface area contributed by atoms with Gasteiger partial charge < -0.3 is 25.7 Å². The Bertz CT molecular complexity index is 324. The molecule has 1 atom stereocenters. The molecule has 4 N–H and O–H groups in total. The van der Waals surface area contributed by atoms with Gasteiger partial charge in [-0.05, 0) is 19.4 Å². The van der Waals surface area contributed by atoms with Crippen LogP contribution in [0.5, 0.6) is 0 Å². The van der Waals surface area contributed by atoms with Gasteiger partial charge in [-0.25, -0.2) is 0 Å². The van der Waals surface area contributed by atoms with Crippen molar-refractivity contribution in [3.05, 3.63) is 11.8 Å². The van der Waals surface area contributed by atoms with Gasteiger partial charge in [0.05, 0.1) is 12.3 Å². The average molecular weight is 226 g/mol. The molecule has 1 aromatic heterocycles. The monoisotopic (exact) mass is 226 g/mol. The Morgan fingerprint density at radius 1 is 1.62 bits per heavy atom. The molecule has 1 aromatic rings. The normalized spacial score (nSPS) is 12.6. The molecule has 5 heteroatoms. The second-order valence-corrected chi connectivity index (χ2v) is 3.81. The maximum Gasteiger partial charge on any atom is 0.131 e. The second kappa shape index (κ2) is 5.77. The van der Waals surface area contributed by atoms with Crippen LogP contribution in [0.1, 0.15) is 12.5 Å². The summed E-state index contributed by atoms with van der Waals surface area (Å²) < 4.78 is 5.57. The predicted molar refractivity (Wildman–Crippen MR) is 67.9 cm³/mol. The van der Waals surface area contributed by atoms with Gasteiger partial charge in [0.25, 0.3) is 0 Å². The number of anilines is 2. The SMILES string of the molecule is CNc1c(C)c[nH]c1N(C)C(C)OCCN. The van der Waals surface area contributed by atoms with Crippen LogP contribution in [0.25, 0.3) is 0 Å². The van der Waals surface area contributed by atoms with E-state index in [-0.39, 0.29) is 6.23 Å². The molecule has 16 heavy (non-hydrogen) atoms. The van der Waals surface area contributed by atoms with Crippen LogP contribution in [0, 0.1) is 6.92 Å². The number of ether oxygens (including phenoxy) is 1. The number of aromatic amines is 1. The molecular weight excluding hydrogens is 204 g/mol. The fraction of sp³-hybridized carbons (Fsp3) is 0.636. The van der Waals surface area contributed by atoms with Crippen molar-refractivity contribution < 1.29 is 4.74 Å². The van der Waals surface area contributed by atoms with Crippen LogP contribution in [0.15, 0.2) is 6.20 Å². The van der Waals surface area contributed by atoms with Crippen LogP contribution in [-0.2, 0) is 4.74 Å². The Morgan fingerprint density at radius 2 is 2.31 bits per heavy atom. The van der Waals surface area contributed by atoms with Crippen LogP contribution >= 0.6 is 0 Å². The van der Waals surface area contributed by atoms with Crippen molar-refractivity contribution in [3.8, 4) is 0 Å². The van der Waals surface area contributed by atoms with Crippen LogP contribution in [0.4, 0.5) is 11.5 Å². The van der Waals surface area contributed by atoms with E-state index in [1.54, 1.807) is 0 Å². The molecule has 1 heterocycles. The topological polar surface area (TPSA) is 66.3 Å². The number of nitrogens with two attached hydrogens (primary N) is 1. The first-order valence-corrected chi connectivity index (χ1v) is 5.52. The zero-order valence-electron chi connectivity index (χ0n) is 10.5. The van der Waals surface area contributed by atoms with Crippen molar-refractivity contribution in [2.75, 3.05) is 37.5 Å². The molecule has 0 fully saturated rings. The summed E-state index contributed by atoms with van der Waals surface area (Å²) in [6.07, 6.45) is 1.97. The lowest BCUT2D eigenvalue weighted by atomic mass is 10.3. The molecule has 0 saturated heterocycles. The number of rotatable bonds is 6. The van der Waals surface area contributed by atoms with Crippen LogP contribution in [-0.4, -0.2) is 38.5 Å². The summed E-state index contributed by atoms with van der Waals surface area (Å²) >= 11 is 0. The van der Waals surface area contributed by atoms with Gasteiger partial charge >= 0.3 is 0 Å². The molecule has 0 aliphatic heterocycles. The summed E-state index contributed by atoms with van der Waals surface area (Å²) in [5, 5.41) is 3.18. The first kappa shape index (κ1) is 12.9. The average Bonchev–Trinajstić information content (AvgIpc) is 2.66. The van der Waals surface area contributed by atoms with Gasteiger partial charge in [0.1, 0.15) is 12.0 Å². The highest BCUT2D eigenvalue weighted by Gasteiger charge is 2.16. The van der Waals surface area contributed by atoms with E-state index in [0.717, 1.165) is 11.5 Å². The third-order valence-electron chi connectivity index (χ3n) is 2.68. The summed E-state index contributed by atoms with van der Waals surface area (Å²) in [6.45, 7) is 5.18. The van der Waals surface area contributed by atoms with E-state index in [4.69, 9.17) is 10.5 Å². The standard InChI is InChI=1S/C11H22N4O/c1-8-7-14-11(10(8)13-3)15(4)9(2)16-6-5-12/h7,9,13-14H,5-6,12H2,1-4H3. The highest BCUT2D eigenvalue weighted by molar-refractivity contribution is 5.70. The molecule has 0 amide bonds. The zero-order chi connectivity index (χ0) is 12.1. The highest BCUT2D eigenvalue weighted by Crippen LogP contribution is 2.28. The molecule has 0 aromatic carbocycles. The Labute approximate surface area is 97.0 Å². The molecule has 0 aliphatic rings. The number of hydrogen-bond donors (Lipinski definition) is 3. The van der Waals surface area contributed by atoms with Gasteiger partial charge in [-0.15, -0.1) is 0 Å². The third kappa shape index (κ3) is 2.68. The second-order valence-electron chi connectivity index (χ2n) is 3.81. The maximum atomic E-state index is 5.57. The molecule has 0 radical (unpaired) electrons. The molecule has 92 valence electrons. The molecule has 1 rings (SSSR count). The summed E-state index contributed by atoms with van der Waals surface area (Å²) in [7, 11) is 3.91.